The van der Waals surface area contributed by atoms with Crippen molar-refractivity contribution in [3.8, 4) is 5.75 Å². The Morgan fingerprint density at radius 2 is 2.08 bits per heavy atom. The lowest BCUT2D eigenvalue weighted by molar-refractivity contribution is -0.127. The molecule has 2 aromatic carbocycles. The number of hydrogen-bond acceptors (Lipinski definition) is 3. The second-order valence-electron chi connectivity index (χ2n) is 5.71. The second-order valence-corrected chi connectivity index (χ2v) is 5.71. The summed E-state index contributed by atoms with van der Waals surface area (Å²) in [5.74, 6) is -0.575. The van der Waals surface area contributed by atoms with Crippen molar-refractivity contribution < 1.29 is 18.7 Å². The maximum Gasteiger partial charge on any atom is 0.268 e. The third kappa shape index (κ3) is 3.22. The summed E-state index contributed by atoms with van der Waals surface area (Å²) in [5, 5.41) is 2.60. The van der Waals surface area contributed by atoms with Crippen LogP contribution in [-0.4, -0.2) is 24.5 Å². The van der Waals surface area contributed by atoms with E-state index in [0.717, 1.165) is 5.56 Å². The molecule has 5 nitrogen and oxygen atoms in total. The summed E-state index contributed by atoms with van der Waals surface area (Å²) < 4.78 is 18.8. The predicted octanol–water partition coefficient (Wildman–Crippen LogP) is 2.89. The fraction of sp³-hybridized carbons (Fsp3) is 0.222. The molecule has 1 N–H and O–H groups in total. The number of amides is 2. The second kappa shape index (κ2) is 6.31. The van der Waals surface area contributed by atoms with Gasteiger partial charge in [0.05, 0.1) is 5.69 Å². The van der Waals surface area contributed by atoms with Crippen LogP contribution < -0.4 is 15.0 Å². The first-order chi connectivity index (χ1) is 11.4. The first kappa shape index (κ1) is 16.0. The van der Waals surface area contributed by atoms with Crippen LogP contribution in [-0.2, 0) is 9.59 Å². The molecule has 24 heavy (non-hydrogen) atoms. The van der Waals surface area contributed by atoms with Crippen molar-refractivity contribution in [3.63, 3.8) is 0 Å². The zero-order chi connectivity index (χ0) is 17.3. The van der Waals surface area contributed by atoms with Gasteiger partial charge in [0.25, 0.3) is 5.91 Å². The highest BCUT2D eigenvalue weighted by Gasteiger charge is 2.32. The van der Waals surface area contributed by atoms with Crippen molar-refractivity contribution >= 4 is 23.2 Å². The molecule has 1 atom stereocenters. The van der Waals surface area contributed by atoms with Gasteiger partial charge in [0.2, 0.25) is 5.91 Å². The Morgan fingerprint density at radius 1 is 1.29 bits per heavy atom. The highest BCUT2D eigenvalue weighted by atomic mass is 19.1. The lowest BCUT2D eigenvalue weighted by atomic mass is 10.1. The molecule has 0 fully saturated rings. The van der Waals surface area contributed by atoms with Crippen molar-refractivity contribution in [2.75, 3.05) is 16.8 Å². The maximum atomic E-state index is 13.2. The molecule has 0 bridgehead atoms. The summed E-state index contributed by atoms with van der Waals surface area (Å²) in [6, 6.07) is 11.1. The Morgan fingerprint density at radius 3 is 2.83 bits per heavy atom. The number of rotatable bonds is 3. The Kier molecular flexibility index (Phi) is 4.20. The Balaban J connectivity index is 1.82. The first-order valence-corrected chi connectivity index (χ1v) is 7.58. The Labute approximate surface area is 139 Å². The molecule has 0 radical (unpaired) electrons. The largest absolute Gasteiger partial charge is 0.479 e. The summed E-state index contributed by atoms with van der Waals surface area (Å²) in [5.41, 5.74) is 1.86. The van der Waals surface area contributed by atoms with E-state index in [1.165, 1.54) is 23.1 Å². The normalized spacial score (nSPS) is 16.4. The van der Waals surface area contributed by atoms with E-state index in [1.54, 1.807) is 25.1 Å². The van der Waals surface area contributed by atoms with Gasteiger partial charge < -0.3 is 10.1 Å². The van der Waals surface area contributed by atoms with E-state index >= 15 is 0 Å². The van der Waals surface area contributed by atoms with E-state index in [-0.39, 0.29) is 12.5 Å². The van der Waals surface area contributed by atoms with E-state index in [0.29, 0.717) is 17.1 Å². The van der Waals surface area contributed by atoms with Crippen molar-refractivity contribution in [3.05, 3.63) is 53.8 Å². The highest BCUT2D eigenvalue weighted by molar-refractivity contribution is 6.06. The Bertz CT molecular complexity index is 807. The molecule has 1 aliphatic heterocycles. The zero-order valence-electron chi connectivity index (χ0n) is 13.4. The SMILES string of the molecule is Cc1ccc2c(c1)N(CC(=O)Nc1cccc(F)c1)C(=O)C(C)O2. The average Bonchev–Trinajstić information content (AvgIpc) is 2.52. The number of fused-ring (bicyclic) bond motifs is 1. The molecule has 1 aliphatic rings. The first-order valence-electron chi connectivity index (χ1n) is 7.58. The average molecular weight is 328 g/mol. The fourth-order valence-electron chi connectivity index (χ4n) is 2.59. The predicted molar refractivity (Wildman–Crippen MR) is 88.7 cm³/mol. The van der Waals surface area contributed by atoms with Crippen molar-refractivity contribution in [2.45, 2.75) is 20.0 Å². The standard InChI is InChI=1S/C18H17FN2O3/c1-11-6-7-16-15(8-11)21(18(23)12(2)24-16)10-17(22)20-14-5-3-4-13(19)9-14/h3-9,12H,10H2,1-2H3,(H,20,22). The molecule has 1 heterocycles. The number of benzene rings is 2. The number of anilines is 2. The smallest absolute Gasteiger partial charge is 0.268 e. The third-order valence-electron chi connectivity index (χ3n) is 3.73. The minimum atomic E-state index is -0.665. The van der Waals surface area contributed by atoms with Crippen molar-refractivity contribution in [1.82, 2.24) is 0 Å². The van der Waals surface area contributed by atoms with E-state index < -0.39 is 17.8 Å². The lowest BCUT2D eigenvalue weighted by Gasteiger charge is -2.32. The molecule has 0 aliphatic carbocycles. The number of nitrogens with one attached hydrogen (secondary N) is 1. The monoisotopic (exact) mass is 328 g/mol. The number of hydrogen-bond donors (Lipinski definition) is 1. The van der Waals surface area contributed by atoms with Gasteiger partial charge in [-0.1, -0.05) is 12.1 Å². The van der Waals surface area contributed by atoms with E-state index in [1.807, 2.05) is 13.0 Å². The van der Waals surface area contributed by atoms with Gasteiger partial charge in [-0.15, -0.1) is 0 Å². The molecule has 0 spiro atoms. The lowest BCUT2D eigenvalue weighted by Crippen LogP contribution is -2.47. The van der Waals surface area contributed by atoms with Crippen LogP contribution in [0.25, 0.3) is 0 Å². The number of halogens is 1. The number of nitrogens with zero attached hydrogens (tertiary/aromatic N) is 1. The zero-order valence-corrected chi connectivity index (χ0v) is 13.4. The summed E-state index contributed by atoms with van der Waals surface area (Å²) in [6.45, 7) is 3.37. The summed E-state index contributed by atoms with van der Waals surface area (Å²) >= 11 is 0. The molecule has 0 aromatic heterocycles. The number of carbonyl (C=O) groups is 2. The summed E-state index contributed by atoms with van der Waals surface area (Å²) in [7, 11) is 0. The summed E-state index contributed by atoms with van der Waals surface area (Å²) in [6.07, 6.45) is -0.665. The molecular weight excluding hydrogens is 311 g/mol. The number of carbonyl (C=O) groups excluding carboxylic acids is 2. The van der Waals surface area contributed by atoms with Crippen molar-refractivity contribution in [2.24, 2.45) is 0 Å². The summed E-state index contributed by atoms with van der Waals surface area (Å²) in [4.78, 5) is 26.1. The molecule has 124 valence electrons. The van der Waals surface area contributed by atoms with E-state index in [9.17, 15) is 14.0 Å². The molecule has 3 rings (SSSR count). The molecular formula is C18H17FN2O3. The van der Waals surface area contributed by atoms with Gasteiger partial charge in [0.1, 0.15) is 18.1 Å². The van der Waals surface area contributed by atoms with Gasteiger partial charge in [-0.3, -0.25) is 14.5 Å². The highest BCUT2D eigenvalue weighted by Crippen LogP contribution is 2.34. The van der Waals surface area contributed by atoms with Crippen LogP contribution in [0.4, 0.5) is 15.8 Å². The molecule has 2 amide bonds. The van der Waals surface area contributed by atoms with E-state index in [4.69, 9.17) is 4.74 Å². The molecule has 0 saturated carbocycles. The quantitative estimate of drug-likeness (QED) is 0.942. The molecule has 2 aromatic rings. The van der Waals surface area contributed by atoms with Crippen LogP contribution in [0.2, 0.25) is 0 Å². The van der Waals surface area contributed by atoms with Crippen LogP contribution in [0.5, 0.6) is 5.75 Å². The minimum Gasteiger partial charge on any atom is -0.479 e. The van der Waals surface area contributed by atoms with Gasteiger partial charge >= 0.3 is 0 Å². The van der Waals surface area contributed by atoms with Gasteiger partial charge in [-0.25, -0.2) is 4.39 Å². The van der Waals surface area contributed by atoms with Gasteiger partial charge in [-0.2, -0.15) is 0 Å². The van der Waals surface area contributed by atoms with Crippen LogP contribution in [0.1, 0.15) is 12.5 Å². The minimum absolute atomic E-state index is 0.167. The van der Waals surface area contributed by atoms with Gasteiger partial charge in [0, 0.05) is 5.69 Å². The molecule has 1 unspecified atom stereocenters. The topological polar surface area (TPSA) is 58.6 Å². The van der Waals surface area contributed by atoms with Crippen molar-refractivity contribution in [1.29, 1.82) is 0 Å². The van der Waals surface area contributed by atoms with Crippen LogP contribution in [0.3, 0.4) is 0 Å². The van der Waals surface area contributed by atoms with Gasteiger partial charge in [0.15, 0.2) is 6.10 Å². The maximum absolute atomic E-state index is 13.2. The fourth-order valence-corrected chi connectivity index (χ4v) is 2.59. The van der Waals surface area contributed by atoms with Crippen LogP contribution in [0, 0.1) is 12.7 Å². The number of aryl methyl sites for hydroxylation is 1. The van der Waals surface area contributed by atoms with E-state index in [2.05, 4.69) is 5.32 Å². The molecule has 0 saturated heterocycles. The molecule has 6 heteroatoms. The van der Waals surface area contributed by atoms with Crippen LogP contribution in [0.15, 0.2) is 42.5 Å². The van der Waals surface area contributed by atoms with Crippen LogP contribution >= 0.6 is 0 Å². The third-order valence-corrected chi connectivity index (χ3v) is 3.73. The number of ether oxygens (including phenoxy) is 1. The van der Waals surface area contributed by atoms with Gasteiger partial charge in [-0.05, 0) is 49.7 Å². The Hall–Kier alpha value is -2.89.